The smallest absolute Gasteiger partial charge is 0.127 e. The van der Waals surface area contributed by atoms with Crippen LogP contribution < -0.4 is 0 Å². The summed E-state index contributed by atoms with van der Waals surface area (Å²) >= 11 is 0. The van der Waals surface area contributed by atoms with Gasteiger partial charge in [0, 0.05) is 10.9 Å². The molecule has 10 rings (SSSR count). The van der Waals surface area contributed by atoms with Gasteiger partial charge in [0.2, 0.25) is 0 Å². The molecule has 0 amide bonds. The van der Waals surface area contributed by atoms with E-state index < -0.39 is 0 Å². The number of hydrogen-bond acceptors (Lipinski definition) is 2. The standard InChI is InChI=1S/C30H36O2/c31-23-1-2-24-25(9-23)26(29-11-17-3-18(12-29)5-19(4-17)13-29)10-27(28(24)32)30-14-20-6-21(15-30)8-22(7-20)16-30/h1-2,9-10,17-22,31-32H,3-8,11-16H2. The van der Waals surface area contributed by atoms with Crippen molar-refractivity contribution in [1.82, 2.24) is 0 Å². The Balaban J connectivity index is 1.36. The molecule has 2 aromatic rings. The van der Waals surface area contributed by atoms with E-state index in [-0.39, 0.29) is 10.8 Å². The van der Waals surface area contributed by atoms with E-state index in [2.05, 4.69) is 6.07 Å². The van der Waals surface area contributed by atoms with Gasteiger partial charge < -0.3 is 10.2 Å². The molecule has 0 heterocycles. The van der Waals surface area contributed by atoms with E-state index in [1.807, 2.05) is 12.1 Å². The van der Waals surface area contributed by atoms with Gasteiger partial charge in [0.05, 0.1) is 0 Å². The molecule has 2 N–H and O–H groups in total. The first kappa shape index (κ1) is 18.7. The molecule has 2 nitrogen and oxygen atoms in total. The monoisotopic (exact) mass is 428 g/mol. The van der Waals surface area contributed by atoms with Gasteiger partial charge >= 0.3 is 0 Å². The van der Waals surface area contributed by atoms with Crippen LogP contribution in [-0.4, -0.2) is 10.2 Å². The van der Waals surface area contributed by atoms with Crippen LogP contribution in [0.15, 0.2) is 24.3 Å². The number of phenolic OH excluding ortho intramolecular Hbond substituents is 2. The van der Waals surface area contributed by atoms with Crippen LogP contribution in [-0.2, 0) is 10.8 Å². The highest BCUT2D eigenvalue weighted by Gasteiger charge is 2.55. The molecule has 168 valence electrons. The van der Waals surface area contributed by atoms with E-state index in [0.717, 1.165) is 46.3 Å². The van der Waals surface area contributed by atoms with Gasteiger partial charge in [0.15, 0.2) is 0 Å². The summed E-state index contributed by atoms with van der Waals surface area (Å²) in [5.41, 5.74) is 3.25. The Morgan fingerprint density at radius 3 is 1.44 bits per heavy atom. The molecule has 8 aliphatic carbocycles. The lowest BCUT2D eigenvalue weighted by molar-refractivity contribution is -0.00849. The van der Waals surface area contributed by atoms with Crippen molar-refractivity contribution in [2.45, 2.75) is 87.9 Å². The van der Waals surface area contributed by atoms with Crippen molar-refractivity contribution >= 4 is 10.8 Å². The summed E-state index contributed by atoms with van der Waals surface area (Å²) in [7, 11) is 0. The molecule has 0 aromatic heterocycles. The van der Waals surface area contributed by atoms with E-state index in [1.54, 1.807) is 6.07 Å². The van der Waals surface area contributed by atoms with Gasteiger partial charge in [-0.05, 0) is 153 Å². The van der Waals surface area contributed by atoms with E-state index in [4.69, 9.17) is 0 Å². The lowest BCUT2D eigenvalue weighted by atomic mass is 9.46. The first-order valence-electron chi connectivity index (χ1n) is 13.5. The number of aromatic hydroxyl groups is 2. The van der Waals surface area contributed by atoms with Gasteiger partial charge in [-0.3, -0.25) is 0 Å². The quantitative estimate of drug-likeness (QED) is 0.531. The van der Waals surface area contributed by atoms with Crippen molar-refractivity contribution in [3.8, 4) is 11.5 Å². The zero-order valence-electron chi connectivity index (χ0n) is 19.2. The Hall–Kier alpha value is -1.70. The molecule has 0 spiro atoms. The highest BCUT2D eigenvalue weighted by molar-refractivity contribution is 5.94. The summed E-state index contributed by atoms with van der Waals surface area (Å²) < 4.78 is 0. The minimum absolute atomic E-state index is 0.196. The van der Waals surface area contributed by atoms with Crippen LogP contribution in [0.25, 0.3) is 10.8 Å². The molecule has 8 saturated carbocycles. The maximum Gasteiger partial charge on any atom is 0.127 e. The molecule has 0 atom stereocenters. The molecule has 8 aliphatic rings. The fraction of sp³-hybridized carbons (Fsp3) is 0.667. The molecule has 2 aromatic carbocycles. The summed E-state index contributed by atoms with van der Waals surface area (Å²) in [4.78, 5) is 0. The minimum Gasteiger partial charge on any atom is -0.508 e. The zero-order valence-corrected chi connectivity index (χ0v) is 19.2. The third-order valence-corrected chi connectivity index (χ3v) is 11.3. The molecule has 0 saturated heterocycles. The Bertz CT molecular complexity index is 1060. The molecular formula is C30H36O2. The van der Waals surface area contributed by atoms with Gasteiger partial charge in [-0.2, -0.15) is 0 Å². The molecule has 0 radical (unpaired) electrons. The first-order chi connectivity index (χ1) is 15.5. The number of benzene rings is 2. The fourth-order valence-electron chi connectivity index (χ4n) is 11.1. The average Bonchev–Trinajstić information content (AvgIpc) is 2.71. The molecule has 8 bridgehead atoms. The van der Waals surface area contributed by atoms with Crippen LogP contribution in [0.5, 0.6) is 11.5 Å². The van der Waals surface area contributed by atoms with E-state index in [1.165, 1.54) is 88.2 Å². The number of phenols is 2. The summed E-state index contributed by atoms with van der Waals surface area (Å²) in [5, 5.41) is 24.3. The average molecular weight is 429 g/mol. The topological polar surface area (TPSA) is 40.5 Å². The second-order valence-electron chi connectivity index (χ2n) is 13.4. The van der Waals surface area contributed by atoms with Crippen LogP contribution >= 0.6 is 0 Å². The molecule has 8 fully saturated rings. The number of rotatable bonds is 2. The Morgan fingerprint density at radius 2 is 0.969 bits per heavy atom. The molecule has 0 aliphatic heterocycles. The van der Waals surface area contributed by atoms with Gasteiger partial charge in [-0.25, -0.2) is 0 Å². The largest absolute Gasteiger partial charge is 0.508 e. The van der Waals surface area contributed by atoms with Crippen LogP contribution in [0.4, 0.5) is 0 Å². The van der Waals surface area contributed by atoms with Crippen LogP contribution in [0.3, 0.4) is 0 Å². The molecule has 0 unspecified atom stereocenters. The molecule has 32 heavy (non-hydrogen) atoms. The van der Waals surface area contributed by atoms with Gasteiger partial charge in [0.25, 0.3) is 0 Å². The van der Waals surface area contributed by atoms with Gasteiger partial charge in [-0.1, -0.05) is 6.07 Å². The summed E-state index contributed by atoms with van der Waals surface area (Å²) in [6.07, 6.45) is 16.5. The van der Waals surface area contributed by atoms with Gasteiger partial charge in [-0.15, -0.1) is 0 Å². The number of fused-ring (bicyclic) bond motifs is 1. The van der Waals surface area contributed by atoms with Crippen molar-refractivity contribution in [2.24, 2.45) is 35.5 Å². The zero-order chi connectivity index (χ0) is 21.2. The third-order valence-electron chi connectivity index (χ3n) is 11.3. The highest BCUT2D eigenvalue weighted by atomic mass is 16.3. The Kier molecular flexibility index (Phi) is 3.53. The summed E-state index contributed by atoms with van der Waals surface area (Å²) in [6, 6.07) is 8.27. The van der Waals surface area contributed by atoms with E-state index in [9.17, 15) is 10.2 Å². The molecule has 2 heteroatoms. The van der Waals surface area contributed by atoms with Crippen molar-refractivity contribution in [1.29, 1.82) is 0 Å². The predicted octanol–water partition coefficient (Wildman–Crippen LogP) is 7.19. The SMILES string of the molecule is Oc1ccc2c(O)c(C34CC5CC(CC(C5)C3)C4)cc(C34CC5CC(CC(C5)C3)C4)c2c1. The maximum absolute atomic E-state index is 11.7. The van der Waals surface area contributed by atoms with Crippen LogP contribution in [0, 0.1) is 35.5 Å². The Morgan fingerprint density at radius 1 is 0.531 bits per heavy atom. The number of hydrogen-bond donors (Lipinski definition) is 2. The predicted molar refractivity (Wildman–Crippen MR) is 127 cm³/mol. The first-order valence-corrected chi connectivity index (χ1v) is 13.5. The Labute approximate surface area is 191 Å². The lowest BCUT2D eigenvalue weighted by Crippen LogP contribution is -2.50. The second kappa shape index (κ2) is 6.05. The normalized spacial score (nSPS) is 45.8. The van der Waals surface area contributed by atoms with Crippen LogP contribution in [0.2, 0.25) is 0 Å². The van der Waals surface area contributed by atoms with E-state index in [0.29, 0.717) is 11.5 Å². The maximum atomic E-state index is 11.7. The summed E-state index contributed by atoms with van der Waals surface area (Å²) in [6.45, 7) is 0. The minimum atomic E-state index is 0.196. The van der Waals surface area contributed by atoms with Crippen molar-refractivity contribution < 1.29 is 10.2 Å². The third kappa shape index (κ3) is 2.42. The van der Waals surface area contributed by atoms with E-state index >= 15 is 0 Å². The highest BCUT2D eigenvalue weighted by Crippen LogP contribution is 2.65. The van der Waals surface area contributed by atoms with Crippen LogP contribution in [0.1, 0.15) is 88.2 Å². The van der Waals surface area contributed by atoms with Crippen molar-refractivity contribution in [2.75, 3.05) is 0 Å². The fourth-order valence-corrected chi connectivity index (χ4v) is 11.1. The molecular weight excluding hydrogens is 392 g/mol. The summed E-state index contributed by atoms with van der Waals surface area (Å²) in [5.74, 6) is 6.18. The van der Waals surface area contributed by atoms with Gasteiger partial charge in [0.1, 0.15) is 11.5 Å². The van der Waals surface area contributed by atoms with Crippen molar-refractivity contribution in [3.63, 3.8) is 0 Å². The second-order valence-corrected chi connectivity index (χ2v) is 13.4. The van der Waals surface area contributed by atoms with Crippen molar-refractivity contribution in [3.05, 3.63) is 35.4 Å². The lowest BCUT2D eigenvalue weighted by Gasteiger charge is -2.59.